The van der Waals surface area contributed by atoms with E-state index in [2.05, 4.69) is 5.32 Å². The number of hydrogen-bond donors (Lipinski definition) is 1. The molecule has 0 aliphatic carbocycles. The van der Waals surface area contributed by atoms with Crippen molar-refractivity contribution in [2.75, 3.05) is 20.3 Å². The minimum Gasteiger partial charge on any atom is -0.497 e. The fraction of sp³-hybridized carbons (Fsp3) is 0.235. The molecule has 0 atom stereocenters. The van der Waals surface area contributed by atoms with Gasteiger partial charge in [0.1, 0.15) is 18.1 Å². The lowest BCUT2D eigenvalue weighted by atomic mass is 10.2. The van der Waals surface area contributed by atoms with Crippen molar-refractivity contribution in [3.63, 3.8) is 0 Å². The first kappa shape index (κ1) is 16.2. The van der Waals surface area contributed by atoms with Crippen molar-refractivity contribution in [2.24, 2.45) is 0 Å². The minimum absolute atomic E-state index is 0.140. The summed E-state index contributed by atoms with van der Waals surface area (Å²) >= 11 is 5.95. The zero-order chi connectivity index (χ0) is 15.9. The SMILES string of the molecule is COc1ccc(C(=O)NCCOc2ccc(Cl)c(C)c2)cc1. The van der Waals surface area contributed by atoms with Crippen molar-refractivity contribution in [1.29, 1.82) is 0 Å². The largest absolute Gasteiger partial charge is 0.497 e. The molecule has 22 heavy (non-hydrogen) atoms. The van der Waals surface area contributed by atoms with Gasteiger partial charge in [-0.05, 0) is 55.0 Å². The molecule has 0 fully saturated rings. The highest BCUT2D eigenvalue weighted by Gasteiger charge is 2.05. The molecule has 2 rings (SSSR count). The van der Waals surface area contributed by atoms with Gasteiger partial charge in [0.05, 0.1) is 13.7 Å². The molecule has 0 heterocycles. The van der Waals surface area contributed by atoms with Gasteiger partial charge in [-0.1, -0.05) is 11.6 Å². The topological polar surface area (TPSA) is 47.6 Å². The van der Waals surface area contributed by atoms with E-state index in [4.69, 9.17) is 21.1 Å². The van der Waals surface area contributed by atoms with Gasteiger partial charge in [0.25, 0.3) is 5.91 Å². The molecular weight excluding hydrogens is 302 g/mol. The van der Waals surface area contributed by atoms with E-state index in [1.54, 1.807) is 43.5 Å². The second-order valence-corrected chi connectivity index (χ2v) is 5.15. The van der Waals surface area contributed by atoms with Gasteiger partial charge in [-0.25, -0.2) is 0 Å². The number of benzene rings is 2. The average Bonchev–Trinajstić information content (AvgIpc) is 2.54. The summed E-state index contributed by atoms with van der Waals surface area (Å²) in [7, 11) is 1.59. The molecule has 1 amide bonds. The molecule has 0 aromatic heterocycles. The predicted octanol–water partition coefficient (Wildman–Crippen LogP) is 3.47. The molecule has 0 bridgehead atoms. The lowest BCUT2D eigenvalue weighted by Crippen LogP contribution is -2.28. The number of rotatable bonds is 6. The van der Waals surface area contributed by atoms with E-state index in [-0.39, 0.29) is 5.91 Å². The molecular formula is C17H18ClNO3. The van der Waals surface area contributed by atoms with E-state index in [9.17, 15) is 4.79 Å². The fourth-order valence-corrected chi connectivity index (χ4v) is 2.00. The first-order valence-corrected chi connectivity index (χ1v) is 7.29. The molecule has 0 radical (unpaired) electrons. The highest BCUT2D eigenvalue weighted by atomic mass is 35.5. The Labute approximate surface area is 135 Å². The monoisotopic (exact) mass is 319 g/mol. The van der Waals surface area contributed by atoms with E-state index in [0.29, 0.717) is 23.7 Å². The summed E-state index contributed by atoms with van der Waals surface area (Å²) in [6.45, 7) is 2.73. The van der Waals surface area contributed by atoms with Crippen LogP contribution in [0, 0.1) is 6.92 Å². The van der Waals surface area contributed by atoms with Gasteiger partial charge in [-0.15, -0.1) is 0 Å². The van der Waals surface area contributed by atoms with Gasteiger partial charge in [-0.3, -0.25) is 4.79 Å². The summed E-state index contributed by atoms with van der Waals surface area (Å²) in [5.74, 6) is 1.32. The van der Waals surface area contributed by atoms with E-state index in [0.717, 1.165) is 17.1 Å². The van der Waals surface area contributed by atoms with Gasteiger partial charge in [0.15, 0.2) is 0 Å². The Morgan fingerprint density at radius 3 is 2.45 bits per heavy atom. The van der Waals surface area contributed by atoms with Crippen LogP contribution in [0.4, 0.5) is 0 Å². The summed E-state index contributed by atoms with van der Waals surface area (Å²) in [6, 6.07) is 12.4. The second kappa shape index (κ2) is 7.71. The van der Waals surface area contributed by atoms with Gasteiger partial charge in [-0.2, -0.15) is 0 Å². The Morgan fingerprint density at radius 2 is 1.82 bits per heavy atom. The van der Waals surface area contributed by atoms with Crippen molar-refractivity contribution in [3.05, 3.63) is 58.6 Å². The third kappa shape index (κ3) is 4.40. The molecule has 5 heteroatoms. The second-order valence-electron chi connectivity index (χ2n) is 4.74. The molecule has 0 unspecified atom stereocenters. The molecule has 0 spiro atoms. The molecule has 0 saturated heterocycles. The quantitative estimate of drug-likeness (QED) is 0.829. The van der Waals surface area contributed by atoms with Crippen molar-refractivity contribution >= 4 is 17.5 Å². The summed E-state index contributed by atoms with van der Waals surface area (Å²) in [5.41, 5.74) is 1.55. The Hall–Kier alpha value is -2.20. The molecule has 116 valence electrons. The fourth-order valence-electron chi connectivity index (χ4n) is 1.88. The third-order valence-electron chi connectivity index (χ3n) is 3.14. The maximum atomic E-state index is 11.9. The first-order chi connectivity index (χ1) is 10.6. The standard InChI is InChI=1S/C17H18ClNO3/c1-12-11-15(7-8-16(12)18)22-10-9-19-17(20)13-3-5-14(21-2)6-4-13/h3-8,11H,9-10H2,1-2H3,(H,19,20). The molecule has 4 nitrogen and oxygen atoms in total. The zero-order valence-corrected chi connectivity index (χ0v) is 13.3. The molecule has 1 N–H and O–H groups in total. The summed E-state index contributed by atoms with van der Waals surface area (Å²) in [4.78, 5) is 11.9. The van der Waals surface area contributed by atoms with Crippen LogP contribution in [0.25, 0.3) is 0 Å². The number of carbonyl (C=O) groups excluding carboxylic acids is 1. The number of aryl methyl sites for hydroxylation is 1. The number of amides is 1. The highest BCUT2D eigenvalue weighted by Crippen LogP contribution is 2.20. The summed E-state index contributed by atoms with van der Waals surface area (Å²) in [6.07, 6.45) is 0. The number of halogens is 1. The normalized spacial score (nSPS) is 10.1. The maximum absolute atomic E-state index is 11.9. The van der Waals surface area contributed by atoms with Crippen LogP contribution >= 0.6 is 11.6 Å². The Kier molecular flexibility index (Phi) is 5.67. The van der Waals surface area contributed by atoms with Crippen molar-refractivity contribution in [3.8, 4) is 11.5 Å². The van der Waals surface area contributed by atoms with Crippen LogP contribution in [-0.2, 0) is 0 Å². The number of hydrogen-bond acceptors (Lipinski definition) is 3. The van der Waals surface area contributed by atoms with Crippen LogP contribution in [0.1, 0.15) is 15.9 Å². The van der Waals surface area contributed by atoms with Gasteiger partial charge >= 0.3 is 0 Å². The van der Waals surface area contributed by atoms with Crippen LogP contribution < -0.4 is 14.8 Å². The highest BCUT2D eigenvalue weighted by molar-refractivity contribution is 6.31. The lowest BCUT2D eigenvalue weighted by Gasteiger charge is -2.09. The first-order valence-electron chi connectivity index (χ1n) is 6.91. The summed E-state index contributed by atoms with van der Waals surface area (Å²) in [5, 5.41) is 3.51. The van der Waals surface area contributed by atoms with Gasteiger partial charge in [0, 0.05) is 10.6 Å². The number of methoxy groups -OCH3 is 1. The van der Waals surface area contributed by atoms with E-state index in [1.807, 2.05) is 13.0 Å². The number of nitrogens with one attached hydrogen (secondary N) is 1. The number of ether oxygens (including phenoxy) is 2. The van der Waals surface area contributed by atoms with Crippen LogP contribution in [-0.4, -0.2) is 26.2 Å². The van der Waals surface area contributed by atoms with Crippen LogP contribution in [0.5, 0.6) is 11.5 Å². The van der Waals surface area contributed by atoms with Crippen LogP contribution in [0.15, 0.2) is 42.5 Å². The molecule has 0 aliphatic heterocycles. The van der Waals surface area contributed by atoms with E-state index < -0.39 is 0 Å². The lowest BCUT2D eigenvalue weighted by molar-refractivity contribution is 0.0947. The predicted molar refractivity (Wildman–Crippen MR) is 87.0 cm³/mol. The number of carbonyl (C=O) groups is 1. The van der Waals surface area contributed by atoms with Gasteiger partial charge in [0.2, 0.25) is 0 Å². The summed E-state index contributed by atoms with van der Waals surface area (Å²) < 4.78 is 10.6. The average molecular weight is 320 g/mol. The molecule has 2 aromatic rings. The van der Waals surface area contributed by atoms with Crippen LogP contribution in [0.2, 0.25) is 5.02 Å². The molecule has 2 aromatic carbocycles. The zero-order valence-electron chi connectivity index (χ0n) is 12.6. The minimum atomic E-state index is -0.140. The molecule has 0 saturated carbocycles. The Balaban J connectivity index is 1.77. The molecule has 0 aliphatic rings. The van der Waals surface area contributed by atoms with Crippen molar-refractivity contribution < 1.29 is 14.3 Å². The van der Waals surface area contributed by atoms with E-state index >= 15 is 0 Å². The van der Waals surface area contributed by atoms with E-state index in [1.165, 1.54) is 0 Å². The Bertz CT molecular complexity index is 641. The van der Waals surface area contributed by atoms with Crippen molar-refractivity contribution in [1.82, 2.24) is 5.32 Å². The van der Waals surface area contributed by atoms with Gasteiger partial charge < -0.3 is 14.8 Å². The third-order valence-corrected chi connectivity index (χ3v) is 3.56. The van der Waals surface area contributed by atoms with Crippen LogP contribution in [0.3, 0.4) is 0 Å². The smallest absolute Gasteiger partial charge is 0.251 e. The Morgan fingerprint density at radius 1 is 1.14 bits per heavy atom. The van der Waals surface area contributed by atoms with Crippen molar-refractivity contribution in [2.45, 2.75) is 6.92 Å². The maximum Gasteiger partial charge on any atom is 0.251 e.